The molecule has 1 N–H and O–H groups in total. The number of aliphatic hydroxyl groups is 1. The van der Waals surface area contributed by atoms with E-state index in [4.69, 9.17) is 16.3 Å². The highest BCUT2D eigenvalue weighted by molar-refractivity contribution is 6.30. The molecule has 1 aromatic rings. The fourth-order valence-corrected chi connectivity index (χ4v) is 5.41. The van der Waals surface area contributed by atoms with Crippen LogP contribution in [0.2, 0.25) is 5.02 Å². The van der Waals surface area contributed by atoms with Crippen LogP contribution in [-0.4, -0.2) is 58.2 Å². The molecule has 8 heteroatoms. The number of benzene rings is 1. The highest BCUT2D eigenvalue weighted by Crippen LogP contribution is 2.44. The number of halogens is 2. The molecule has 0 bridgehead atoms. The van der Waals surface area contributed by atoms with Gasteiger partial charge in [-0.1, -0.05) is 25.4 Å². The highest BCUT2D eigenvalue weighted by Gasteiger charge is 2.50. The Kier molecular flexibility index (Phi) is 6.83. The zero-order chi connectivity index (χ0) is 24.0. The van der Waals surface area contributed by atoms with Crippen molar-refractivity contribution >= 4 is 23.6 Å². The number of hydrogen-bond acceptors (Lipinski definition) is 4. The van der Waals surface area contributed by atoms with Crippen LogP contribution in [0.1, 0.15) is 58.6 Å². The molecule has 6 nitrogen and oxygen atoms in total. The van der Waals surface area contributed by atoms with Crippen LogP contribution < -0.4 is 0 Å². The average molecular weight is 469 g/mol. The molecule has 0 aliphatic carbocycles. The molecule has 0 saturated carbocycles. The summed E-state index contributed by atoms with van der Waals surface area (Å²) in [5.41, 5.74) is -1.25. The number of amides is 2. The van der Waals surface area contributed by atoms with Gasteiger partial charge in [0.15, 0.2) is 0 Å². The van der Waals surface area contributed by atoms with E-state index in [2.05, 4.69) is 0 Å². The summed E-state index contributed by atoms with van der Waals surface area (Å²) >= 11 is 5.98. The summed E-state index contributed by atoms with van der Waals surface area (Å²) in [5.74, 6) is -1.52. The van der Waals surface area contributed by atoms with Crippen LogP contribution in [0, 0.1) is 24.6 Å². The Balaban J connectivity index is 1.81. The third kappa shape index (κ3) is 4.60. The highest BCUT2D eigenvalue weighted by atomic mass is 35.5. The number of aryl methyl sites for hydroxylation is 1. The van der Waals surface area contributed by atoms with E-state index < -0.39 is 41.0 Å². The van der Waals surface area contributed by atoms with Crippen molar-refractivity contribution in [2.24, 2.45) is 11.8 Å². The van der Waals surface area contributed by atoms with Gasteiger partial charge in [0.05, 0.1) is 0 Å². The van der Waals surface area contributed by atoms with Crippen molar-refractivity contribution in [3.63, 3.8) is 0 Å². The number of piperidine rings is 1. The third-order valence-corrected chi connectivity index (χ3v) is 6.84. The summed E-state index contributed by atoms with van der Waals surface area (Å²) in [6, 6.07) is 2.28. The van der Waals surface area contributed by atoms with Crippen LogP contribution >= 0.6 is 11.6 Å². The fraction of sp³-hybridized carbons (Fsp3) is 0.667. The molecule has 1 aromatic carbocycles. The minimum absolute atomic E-state index is 0.151. The molecule has 1 unspecified atom stereocenters. The lowest BCUT2D eigenvalue weighted by Crippen LogP contribution is -2.59. The number of rotatable bonds is 2. The largest absolute Gasteiger partial charge is 0.444 e. The van der Waals surface area contributed by atoms with E-state index in [1.165, 1.54) is 11.0 Å². The first kappa shape index (κ1) is 24.8. The van der Waals surface area contributed by atoms with Gasteiger partial charge in [0.1, 0.15) is 23.1 Å². The monoisotopic (exact) mass is 468 g/mol. The molecule has 4 atom stereocenters. The first-order valence-electron chi connectivity index (χ1n) is 11.2. The summed E-state index contributed by atoms with van der Waals surface area (Å²) in [6.45, 7) is 11.8. The van der Waals surface area contributed by atoms with Crippen LogP contribution in [0.3, 0.4) is 0 Å². The molecule has 0 spiro atoms. The van der Waals surface area contributed by atoms with E-state index >= 15 is 0 Å². The minimum Gasteiger partial charge on any atom is -0.444 e. The third-order valence-electron chi connectivity index (χ3n) is 6.62. The van der Waals surface area contributed by atoms with Crippen LogP contribution in [0.25, 0.3) is 0 Å². The standard InChI is InChI=1S/C24H34ClFN2O4/c1-14-10-17(25)11-18(26)20(14)24(31)15(2)12-27(13-16(24)3)21(29)19-8-7-9-28(19)22(30)32-23(4,5)6/h10-11,15-16,19,31H,7-9,12-13H2,1-6H3/t15-,16+,19-,24?/m1/s1. The van der Waals surface area contributed by atoms with Gasteiger partial charge in [0.2, 0.25) is 5.91 Å². The van der Waals surface area contributed by atoms with Gasteiger partial charge in [-0.3, -0.25) is 9.69 Å². The first-order chi connectivity index (χ1) is 14.8. The zero-order valence-corrected chi connectivity index (χ0v) is 20.5. The van der Waals surface area contributed by atoms with E-state index in [0.29, 0.717) is 18.5 Å². The second kappa shape index (κ2) is 8.82. The molecule has 2 fully saturated rings. The lowest BCUT2D eigenvalue weighted by atomic mass is 9.69. The van der Waals surface area contributed by atoms with Crippen LogP contribution in [0.15, 0.2) is 12.1 Å². The van der Waals surface area contributed by atoms with E-state index in [-0.39, 0.29) is 29.6 Å². The van der Waals surface area contributed by atoms with Crippen molar-refractivity contribution < 1.29 is 23.8 Å². The van der Waals surface area contributed by atoms with Crippen molar-refractivity contribution in [3.8, 4) is 0 Å². The molecule has 2 saturated heterocycles. The summed E-state index contributed by atoms with van der Waals surface area (Å²) in [4.78, 5) is 29.2. The Bertz CT molecular complexity index is 865. The molecule has 178 valence electrons. The molecule has 0 aromatic heterocycles. The molecule has 2 aliphatic heterocycles. The Morgan fingerprint density at radius 1 is 1.22 bits per heavy atom. The van der Waals surface area contributed by atoms with E-state index in [1.807, 2.05) is 13.8 Å². The quantitative estimate of drug-likeness (QED) is 0.694. The van der Waals surface area contributed by atoms with Crippen molar-refractivity contribution in [1.29, 1.82) is 0 Å². The van der Waals surface area contributed by atoms with Gasteiger partial charge in [0, 0.05) is 42.1 Å². The topological polar surface area (TPSA) is 70.1 Å². The number of nitrogens with zero attached hydrogens (tertiary/aromatic N) is 2. The van der Waals surface area contributed by atoms with E-state index in [9.17, 15) is 19.1 Å². The maximum Gasteiger partial charge on any atom is 0.410 e. The Labute approximate surface area is 194 Å². The van der Waals surface area contributed by atoms with Crippen LogP contribution in [0.5, 0.6) is 0 Å². The summed E-state index contributed by atoms with van der Waals surface area (Å²) in [5, 5.41) is 11.9. The molecule has 32 heavy (non-hydrogen) atoms. The first-order valence-corrected chi connectivity index (χ1v) is 11.6. The molecular weight excluding hydrogens is 435 g/mol. The van der Waals surface area contributed by atoms with E-state index in [0.717, 1.165) is 6.42 Å². The molecule has 2 amide bonds. The van der Waals surface area contributed by atoms with Crippen LogP contribution in [-0.2, 0) is 15.1 Å². The second-order valence-corrected chi connectivity index (χ2v) is 10.7. The lowest BCUT2D eigenvalue weighted by Gasteiger charge is -2.49. The zero-order valence-electron chi connectivity index (χ0n) is 19.7. The number of carbonyl (C=O) groups is 2. The van der Waals surface area contributed by atoms with Gasteiger partial charge >= 0.3 is 6.09 Å². The summed E-state index contributed by atoms with van der Waals surface area (Å²) in [7, 11) is 0. The summed E-state index contributed by atoms with van der Waals surface area (Å²) < 4.78 is 20.4. The number of hydrogen-bond donors (Lipinski definition) is 1. The van der Waals surface area contributed by atoms with Crippen LogP contribution in [0.4, 0.5) is 9.18 Å². The van der Waals surface area contributed by atoms with Gasteiger partial charge in [-0.05, 0) is 58.2 Å². The predicted octanol–water partition coefficient (Wildman–Crippen LogP) is 4.49. The van der Waals surface area contributed by atoms with Gasteiger partial charge in [-0.15, -0.1) is 0 Å². The van der Waals surface area contributed by atoms with Gasteiger partial charge in [0.25, 0.3) is 0 Å². The SMILES string of the molecule is Cc1cc(Cl)cc(F)c1C1(O)[C@H](C)CN(C(=O)[C@H]2CCCN2C(=O)OC(C)(C)C)C[C@@H]1C. The molecular formula is C24H34ClFN2O4. The van der Waals surface area contributed by atoms with Gasteiger partial charge in [-0.25, -0.2) is 9.18 Å². The normalized spacial score (nSPS) is 28.7. The predicted molar refractivity (Wildman–Crippen MR) is 121 cm³/mol. The fourth-order valence-electron chi connectivity index (χ4n) is 5.16. The summed E-state index contributed by atoms with van der Waals surface area (Å²) in [6.07, 6.45) is 0.821. The molecule has 2 heterocycles. The Morgan fingerprint density at radius 2 is 1.81 bits per heavy atom. The Hall–Kier alpha value is -1.86. The van der Waals surface area contributed by atoms with Crippen molar-refractivity contribution in [2.45, 2.75) is 71.6 Å². The molecule has 2 aliphatic rings. The van der Waals surface area contributed by atoms with Crippen molar-refractivity contribution in [2.75, 3.05) is 19.6 Å². The lowest BCUT2D eigenvalue weighted by molar-refractivity contribution is -0.153. The number of likely N-dealkylation sites (tertiary alicyclic amines) is 2. The van der Waals surface area contributed by atoms with Crippen molar-refractivity contribution in [1.82, 2.24) is 9.80 Å². The second-order valence-electron chi connectivity index (χ2n) is 10.3. The maximum atomic E-state index is 14.9. The Morgan fingerprint density at radius 3 is 2.34 bits per heavy atom. The van der Waals surface area contributed by atoms with Crippen molar-refractivity contribution in [3.05, 3.63) is 34.1 Å². The van der Waals surface area contributed by atoms with Gasteiger partial charge < -0.3 is 14.7 Å². The average Bonchev–Trinajstić information content (AvgIpc) is 3.13. The minimum atomic E-state index is -1.43. The molecule has 3 rings (SSSR count). The molecule has 0 radical (unpaired) electrons. The smallest absolute Gasteiger partial charge is 0.410 e. The maximum absolute atomic E-state index is 14.9. The number of ether oxygens (including phenoxy) is 1. The van der Waals surface area contributed by atoms with E-state index in [1.54, 1.807) is 38.7 Å². The van der Waals surface area contributed by atoms with Gasteiger partial charge in [-0.2, -0.15) is 0 Å². The number of carbonyl (C=O) groups excluding carboxylic acids is 2.